The third-order valence-electron chi connectivity index (χ3n) is 4.52. The van der Waals surface area contributed by atoms with Crippen LogP contribution in [0.15, 0.2) is 47.9 Å². The number of carbonyl (C=O) groups excluding carboxylic acids is 1. The van der Waals surface area contributed by atoms with E-state index in [4.69, 9.17) is 0 Å². The topological polar surface area (TPSA) is 94.7 Å². The van der Waals surface area contributed by atoms with Gasteiger partial charge in [-0.3, -0.25) is 23.8 Å². The highest BCUT2D eigenvalue weighted by Crippen LogP contribution is 2.38. The average Bonchev–Trinajstić information content (AvgIpc) is 3.43. The maximum atomic E-state index is 12.2. The molecular formula is C19H20N6O2. The zero-order valence-corrected chi connectivity index (χ0v) is 15.0. The molecule has 3 aromatic rings. The number of rotatable bonds is 6. The summed E-state index contributed by atoms with van der Waals surface area (Å²) in [7, 11) is 1.85. The Kier molecular flexibility index (Phi) is 4.53. The average molecular weight is 364 g/mol. The standard InChI is InChI=1S/C19H20N6O2/c1-24-10-15(9-23-24)16-6-13(4-5-20-16)8-21-18(26)11-25-12-22-17(7-19(25)27)14-2-3-14/h4-7,9-10,12,14H,2-3,8,11H2,1H3,(H,21,26). The quantitative estimate of drug-likeness (QED) is 0.710. The van der Waals surface area contributed by atoms with Crippen LogP contribution in [0.5, 0.6) is 0 Å². The highest BCUT2D eigenvalue weighted by atomic mass is 16.2. The summed E-state index contributed by atoms with van der Waals surface area (Å²) in [5.41, 5.74) is 3.28. The molecule has 138 valence electrons. The Morgan fingerprint density at radius 2 is 2.15 bits per heavy atom. The van der Waals surface area contributed by atoms with Crippen molar-refractivity contribution in [1.82, 2.24) is 29.6 Å². The normalized spacial score (nSPS) is 13.5. The summed E-state index contributed by atoms with van der Waals surface area (Å²) in [5.74, 6) is 0.180. The van der Waals surface area contributed by atoms with Gasteiger partial charge in [-0.25, -0.2) is 4.98 Å². The van der Waals surface area contributed by atoms with Crippen molar-refractivity contribution >= 4 is 5.91 Å². The van der Waals surface area contributed by atoms with Crippen molar-refractivity contribution in [2.45, 2.75) is 31.8 Å². The molecule has 8 nitrogen and oxygen atoms in total. The fourth-order valence-electron chi connectivity index (χ4n) is 2.87. The number of aromatic nitrogens is 5. The van der Waals surface area contributed by atoms with Crippen LogP contribution in [0.1, 0.15) is 30.0 Å². The largest absolute Gasteiger partial charge is 0.350 e. The van der Waals surface area contributed by atoms with Crippen molar-refractivity contribution in [2.75, 3.05) is 0 Å². The van der Waals surface area contributed by atoms with Crippen molar-refractivity contribution in [3.05, 3.63) is 64.7 Å². The summed E-state index contributed by atoms with van der Waals surface area (Å²) in [6.45, 7) is 0.314. The van der Waals surface area contributed by atoms with Gasteiger partial charge in [0.25, 0.3) is 5.56 Å². The van der Waals surface area contributed by atoms with Crippen molar-refractivity contribution < 1.29 is 4.79 Å². The van der Waals surface area contributed by atoms with Crippen LogP contribution in [0.2, 0.25) is 0 Å². The van der Waals surface area contributed by atoms with Crippen LogP contribution in [0.4, 0.5) is 0 Å². The molecule has 0 aromatic carbocycles. The summed E-state index contributed by atoms with van der Waals surface area (Å²) in [6.07, 6.45) is 8.97. The molecule has 0 spiro atoms. The number of hydrogen-bond acceptors (Lipinski definition) is 5. The van der Waals surface area contributed by atoms with Gasteiger partial charge in [0.2, 0.25) is 5.91 Å². The third-order valence-corrected chi connectivity index (χ3v) is 4.52. The number of aryl methyl sites for hydroxylation is 1. The van der Waals surface area contributed by atoms with Crippen LogP contribution >= 0.6 is 0 Å². The highest BCUT2D eigenvalue weighted by molar-refractivity contribution is 5.75. The SMILES string of the molecule is Cn1cc(-c2cc(CNC(=O)Cn3cnc(C4CC4)cc3=O)ccn2)cn1. The van der Waals surface area contributed by atoms with E-state index in [1.807, 2.05) is 25.4 Å². The lowest BCUT2D eigenvalue weighted by molar-refractivity contribution is -0.121. The lowest BCUT2D eigenvalue weighted by Gasteiger charge is -2.08. The third kappa shape index (κ3) is 4.11. The number of carbonyl (C=O) groups is 1. The van der Waals surface area contributed by atoms with Gasteiger partial charge in [0.15, 0.2) is 0 Å². The van der Waals surface area contributed by atoms with E-state index in [-0.39, 0.29) is 18.0 Å². The number of nitrogens with zero attached hydrogens (tertiary/aromatic N) is 5. The van der Waals surface area contributed by atoms with Gasteiger partial charge in [-0.2, -0.15) is 5.10 Å². The second kappa shape index (κ2) is 7.14. The molecule has 1 aliphatic carbocycles. The molecular weight excluding hydrogens is 344 g/mol. The Morgan fingerprint density at radius 3 is 2.85 bits per heavy atom. The molecule has 0 atom stereocenters. The smallest absolute Gasteiger partial charge is 0.254 e. The summed E-state index contributed by atoms with van der Waals surface area (Å²) < 4.78 is 3.04. The minimum atomic E-state index is -0.238. The first-order valence-corrected chi connectivity index (χ1v) is 8.85. The molecule has 0 bridgehead atoms. The maximum Gasteiger partial charge on any atom is 0.254 e. The number of pyridine rings is 1. The van der Waals surface area contributed by atoms with Crippen LogP contribution in [0.25, 0.3) is 11.3 Å². The van der Waals surface area contributed by atoms with Crippen LogP contribution in [-0.4, -0.2) is 30.2 Å². The minimum Gasteiger partial charge on any atom is -0.350 e. The monoisotopic (exact) mass is 364 g/mol. The van der Waals surface area contributed by atoms with E-state index >= 15 is 0 Å². The van der Waals surface area contributed by atoms with Crippen LogP contribution in [0, 0.1) is 0 Å². The highest BCUT2D eigenvalue weighted by Gasteiger charge is 2.25. The van der Waals surface area contributed by atoms with E-state index < -0.39 is 0 Å². The predicted molar refractivity (Wildman–Crippen MR) is 98.8 cm³/mol. The maximum absolute atomic E-state index is 12.2. The van der Waals surface area contributed by atoms with Crippen LogP contribution in [0.3, 0.4) is 0 Å². The molecule has 1 amide bonds. The molecule has 1 N–H and O–H groups in total. The Morgan fingerprint density at radius 1 is 1.30 bits per heavy atom. The molecule has 8 heteroatoms. The second-order valence-electron chi connectivity index (χ2n) is 6.78. The first kappa shape index (κ1) is 17.1. The zero-order chi connectivity index (χ0) is 18.8. The lowest BCUT2D eigenvalue weighted by atomic mass is 10.1. The minimum absolute atomic E-state index is 0.0443. The molecule has 0 unspecified atom stereocenters. The van der Waals surface area contributed by atoms with Crippen molar-refractivity contribution in [3.63, 3.8) is 0 Å². The molecule has 3 aromatic heterocycles. The number of amides is 1. The molecule has 27 heavy (non-hydrogen) atoms. The molecule has 0 saturated heterocycles. The van der Waals surface area contributed by atoms with Gasteiger partial charge in [-0.1, -0.05) is 0 Å². The first-order valence-electron chi connectivity index (χ1n) is 8.85. The van der Waals surface area contributed by atoms with E-state index in [1.165, 1.54) is 17.0 Å². The van der Waals surface area contributed by atoms with E-state index in [9.17, 15) is 9.59 Å². The van der Waals surface area contributed by atoms with E-state index in [2.05, 4.69) is 20.4 Å². The summed E-state index contributed by atoms with van der Waals surface area (Å²) in [6, 6.07) is 5.29. The summed E-state index contributed by atoms with van der Waals surface area (Å²) >= 11 is 0. The number of hydrogen-bond donors (Lipinski definition) is 1. The Bertz CT molecular complexity index is 1030. The van der Waals surface area contributed by atoms with Crippen molar-refractivity contribution in [2.24, 2.45) is 7.05 Å². The van der Waals surface area contributed by atoms with Gasteiger partial charge in [0.05, 0.1) is 23.9 Å². The number of nitrogens with one attached hydrogen (secondary N) is 1. The van der Waals surface area contributed by atoms with Gasteiger partial charge < -0.3 is 5.32 Å². The molecule has 3 heterocycles. The van der Waals surface area contributed by atoms with Crippen LogP contribution in [-0.2, 0) is 24.9 Å². The van der Waals surface area contributed by atoms with Gasteiger partial charge >= 0.3 is 0 Å². The molecule has 1 saturated carbocycles. The van der Waals surface area contributed by atoms with Gasteiger partial charge in [0, 0.05) is 43.5 Å². The first-order chi connectivity index (χ1) is 13.1. The van der Waals surface area contributed by atoms with Gasteiger partial charge in [0.1, 0.15) is 6.54 Å². The molecule has 4 rings (SSSR count). The fourth-order valence-corrected chi connectivity index (χ4v) is 2.87. The summed E-state index contributed by atoms with van der Waals surface area (Å²) in [5, 5.41) is 6.97. The second-order valence-corrected chi connectivity index (χ2v) is 6.78. The molecule has 1 fully saturated rings. The zero-order valence-electron chi connectivity index (χ0n) is 15.0. The molecule has 1 aliphatic rings. The molecule has 0 radical (unpaired) electrons. The van der Waals surface area contributed by atoms with Gasteiger partial charge in [-0.15, -0.1) is 0 Å². The van der Waals surface area contributed by atoms with Gasteiger partial charge in [-0.05, 0) is 30.5 Å². The lowest BCUT2D eigenvalue weighted by Crippen LogP contribution is -2.32. The van der Waals surface area contributed by atoms with E-state index in [1.54, 1.807) is 17.1 Å². The fraction of sp³-hybridized carbons (Fsp3) is 0.316. The Labute approximate surface area is 155 Å². The van der Waals surface area contributed by atoms with E-state index in [0.29, 0.717) is 12.5 Å². The summed E-state index contributed by atoms with van der Waals surface area (Å²) in [4.78, 5) is 32.9. The van der Waals surface area contributed by atoms with E-state index in [0.717, 1.165) is 35.4 Å². The molecule has 0 aliphatic heterocycles. The van der Waals surface area contributed by atoms with Crippen molar-refractivity contribution in [1.29, 1.82) is 0 Å². The Balaban J connectivity index is 1.37. The Hall–Kier alpha value is -3.29. The predicted octanol–water partition coefficient (Wildman–Crippen LogP) is 1.23. The van der Waals surface area contributed by atoms with Crippen LogP contribution < -0.4 is 10.9 Å². The van der Waals surface area contributed by atoms with Crippen molar-refractivity contribution in [3.8, 4) is 11.3 Å².